The van der Waals surface area contributed by atoms with E-state index in [4.69, 9.17) is 9.47 Å². The Balaban J connectivity index is 1.84. The Morgan fingerprint density at radius 1 is 1.22 bits per heavy atom. The molecule has 1 heterocycles. The summed E-state index contributed by atoms with van der Waals surface area (Å²) in [5.74, 6) is 0.311. The van der Waals surface area contributed by atoms with Gasteiger partial charge in [-0.05, 0) is 69.2 Å². The average molecular weight is 452 g/mol. The van der Waals surface area contributed by atoms with E-state index in [1.54, 1.807) is 30.3 Å². The molecule has 0 bridgehead atoms. The second-order valence-corrected chi connectivity index (χ2v) is 7.54. The molecule has 2 aromatic carbocycles. The number of benzene rings is 2. The Bertz CT molecular complexity index is 930. The smallest absolute Gasteiger partial charge is 0.293 e. The molecule has 3 rings (SSSR count). The third-order valence-electron chi connectivity index (χ3n) is 3.83. The predicted octanol–water partition coefficient (Wildman–Crippen LogP) is 4.84. The highest BCUT2D eigenvalue weighted by Gasteiger charge is 2.31. The minimum absolute atomic E-state index is 0.239. The van der Waals surface area contributed by atoms with E-state index in [1.165, 1.54) is 26.3 Å². The van der Waals surface area contributed by atoms with E-state index in [0.29, 0.717) is 26.4 Å². The predicted molar refractivity (Wildman–Crippen MR) is 105 cm³/mol. The second kappa shape index (κ2) is 8.14. The molecular weight excluding hydrogens is 437 g/mol. The summed E-state index contributed by atoms with van der Waals surface area (Å²) in [4.78, 5) is 25.1. The summed E-state index contributed by atoms with van der Waals surface area (Å²) >= 11 is 4.34. The van der Waals surface area contributed by atoms with Crippen LogP contribution in [0.2, 0.25) is 0 Å². The monoisotopic (exact) mass is 451 g/mol. The van der Waals surface area contributed by atoms with Crippen molar-refractivity contribution in [3.63, 3.8) is 0 Å². The van der Waals surface area contributed by atoms with Gasteiger partial charge in [-0.2, -0.15) is 0 Å². The number of methoxy groups -OCH3 is 1. The van der Waals surface area contributed by atoms with Gasteiger partial charge in [-0.15, -0.1) is 0 Å². The average Bonchev–Trinajstić information content (AvgIpc) is 2.88. The van der Waals surface area contributed by atoms with Gasteiger partial charge in [0.25, 0.3) is 11.1 Å². The van der Waals surface area contributed by atoms with Gasteiger partial charge in [0.05, 0.1) is 16.5 Å². The van der Waals surface area contributed by atoms with E-state index < -0.39 is 0 Å². The van der Waals surface area contributed by atoms with Crippen molar-refractivity contribution in [2.24, 2.45) is 0 Å². The molecule has 2 aromatic rings. The van der Waals surface area contributed by atoms with E-state index in [2.05, 4.69) is 15.9 Å². The van der Waals surface area contributed by atoms with Crippen molar-refractivity contribution in [3.8, 4) is 11.5 Å². The fraction of sp³-hybridized carbons (Fsp3) is 0.158. The van der Waals surface area contributed by atoms with Crippen LogP contribution in [-0.2, 0) is 11.4 Å². The lowest BCUT2D eigenvalue weighted by Gasteiger charge is -2.14. The van der Waals surface area contributed by atoms with Crippen LogP contribution in [0.1, 0.15) is 11.1 Å². The summed E-state index contributed by atoms with van der Waals surface area (Å²) < 4.78 is 24.8. The van der Waals surface area contributed by atoms with Gasteiger partial charge in [-0.25, -0.2) is 4.39 Å². The van der Waals surface area contributed by atoms with Gasteiger partial charge in [0.1, 0.15) is 12.4 Å². The number of hydrogen-bond acceptors (Lipinski definition) is 5. The van der Waals surface area contributed by atoms with E-state index in [0.717, 1.165) is 22.2 Å². The summed E-state index contributed by atoms with van der Waals surface area (Å²) in [7, 11) is 2.96. The van der Waals surface area contributed by atoms with E-state index >= 15 is 0 Å². The lowest BCUT2D eigenvalue weighted by Crippen LogP contribution is -2.22. The van der Waals surface area contributed by atoms with Crippen molar-refractivity contribution in [1.29, 1.82) is 0 Å². The summed E-state index contributed by atoms with van der Waals surface area (Å²) in [6.07, 6.45) is 1.63. The molecule has 1 saturated heterocycles. The maximum atomic E-state index is 13.0. The van der Waals surface area contributed by atoms with Crippen LogP contribution >= 0.6 is 27.7 Å². The Morgan fingerprint density at radius 3 is 2.52 bits per heavy atom. The molecule has 8 heteroatoms. The van der Waals surface area contributed by atoms with E-state index in [9.17, 15) is 14.0 Å². The third-order valence-corrected chi connectivity index (χ3v) is 5.38. The van der Waals surface area contributed by atoms with Crippen molar-refractivity contribution in [2.45, 2.75) is 6.61 Å². The lowest BCUT2D eigenvalue weighted by atomic mass is 10.1. The molecule has 1 aliphatic heterocycles. The SMILES string of the molecule is COc1cc(/C=C2\SC(=O)N(C)C2=O)cc(Br)c1OCc1ccc(F)cc1. The zero-order valence-corrected chi connectivity index (χ0v) is 16.9. The fourth-order valence-electron chi connectivity index (χ4n) is 2.40. The standard InChI is InChI=1S/C19H15BrFNO4S/c1-22-18(23)16(27-19(22)24)9-12-7-14(20)17(15(8-12)25-2)26-10-11-3-5-13(21)6-4-11/h3-9H,10H2,1-2H3/b16-9-. The molecule has 0 atom stereocenters. The number of imide groups is 1. The molecule has 27 heavy (non-hydrogen) atoms. The Labute approximate surface area is 168 Å². The van der Waals surface area contributed by atoms with Gasteiger partial charge in [0.2, 0.25) is 0 Å². The number of rotatable bonds is 5. The first kappa shape index (κ1) is 19.4. The van der Waals surface area contributed by atoms with Crippen LogP contribution in [0, 0.1) is 5.82 Å². The number of nitrogens with zero attached hydrogens (tertiary/aromatic N) is 1. The van der Waals surface area contributed by atoms with Gasteiger partial charge >= 0.3 is 0 Å². The molecule has 1 aliphatic rings. The molecule has 0 spiro atoms. The molecule has 0 N–H and O–H groups in total. The third kappa shape index (κ3) is 4.33. The Hall–Kier alpha value is -2.32. The van der Waals surface area contributed by atoms with Gasteiger partial charge < -0.3 is 9.47 Å². The number of thioether (sulfide) groups is 1. The van der Waals surface area contributed by atoms with Crippen LogP contribution in [-0.4, -0.2) is 30.2 Å². The minimum atomic E-state index is -0.336. The molecular formula is C19H15BrFNO4S. The van der Waals surface area contributed by atoms with Crippen molar-refractivity contribution >= 4 is 44.9 Å². The van der Waals surface area contributed by atoms with Crippen molar-refractivity contribution < 1.29 is 23.5 Å². The van der Waals surface area contributed by atoms with Gasteiger partial charge in [0.15, 0.2) is 11.5 Å². The number of likely N-dealkylation sites (N-methyl/N-ethyl adjacent to an activating group) is 1. The molecule has 140 valence electrons. The number of halogens is 2. The molecule has 0 aromatic heterocycles. The summed E-state index contributed by atoms with van der Waals surface area (Å²) in [6.45, 7) is 0.239. The van der Waals surface area contributed by atoms with Crippen molar-refractivity contribution in [3.05, 3.63) is 62.7 Å². The van der Waals surface area contributed by atoms with Crippen LogP contribution in [0.15, 0.2) is 45.8 Å². The molecule has 0 saturated carbocycles. The highest BCUT2D eigenvalue weighted by molar-refractivity contribution is 9.10. The summed E-state index contributed by atoms with van der Waals surface area (Å²) in [5.41, 5.74) is 1.50. The summed E-state index contributed by atoms with van der Waals surface area (Å²) in [6, 6.07) is 9.51. The number of ether oxygens (including phenoxy) is 2. The van der Waals surface area contributed by atoms with Gasteiger partial charge in [-0.1, -0.05) is 12.1 Å². The minimum Gasteiger partial charge on any atom is -0.493 e. The van der Waals surface area contributed by atoms with E-state index in [-0.39, 0.29) is 23.6 Å². The van der Waals surface area contributed by atoms with Crippen LogP contribution in [0.5, 0.6) is 11.5 Å². The Morgan fingerprint density at radius 2 is 1.93 bits per heavy atom. The van der Waals surface area contributed by atoms with Crippen LogP contribution in [0.3, 0.4) is 0 Å². The van der Waals surface area contributed by atoms with E-state index in [1.807, 2.05) is 0 Å². The Kier molecular flexibility index (Phi) is 5.86. The van der Waals surface area contributed by atoms with Crippen molar-refractivity contribution in [2.75, 3.05) is 14.2 Å². The largest absolute Gasteiger partial charge is 0.493 e. The van der Waals surface area contributed by atoms with Crippen molar-refractivity contribution in [1.82, 2.24) is 4.90 Å². The molecule has 0 radical (unpaired) electrons. The van der Waals surface area contributed by atoms with Gasteiger partial charge in [0, 0.05) is 7.05 Å². The molecule has 2 amide bonds. The van der Waals surface area contributed by atoms with Crippen LogP contribution in [0.25, 0.3) is 6.08 Å². The molecule has 0 unspecified atom stereocenters. The zero-order valence-electron chi connectivity index (χ0n) is 14.5. The maximum absolute atomic E-state index is 13.0. The molecule has 5 nitrogen and oxygen atoms in total. The topological polar surface area (TPSA) is 55.8 Å². The number of amides is 2. The normalized spacial score (nSPS) is 15.6. The first-order valence-corrected chi connectivity index (χ1v) is 9.46. The molecule has 1 fully saturated rings. The first-order chi connectivity index (χ1) is 12.9. The first-order valence-electron chi connectivity index (χ1n) is 7.85. The molecule has 0 aliphatic carbocycles. The zero-order chi connectivity index (χ0) is 19.6. The maximum Gasteiger partial charge on any atom is 0.293 e. The van der Waals surface area contributed by atoms with Crippen LogP contribution in [0.4, 0.5) is 9.18 Å². The van der Waals surface area contributed by atoms with Gasteiger partial charge in [-0.3, -0.25) is 14.5 Å². The lowest BCUT2D eigenvalue weighted by molar-refractivity contribution is -0.121. The highest BCUT2D eigenvalue weighted by Crippen LogP contribution is 2.39. The number of carbonyl (C=O) groups excluding carboxylic acids is 2. The summed E-state index contributed by atoms with van der Waals surface area (Å²) in [5, 5.41) is -0.309. The fourth-order valence-corrected chi connectivity index (χ4v) is 3.80. The number of carbonyl (C=O) groups is 2. The van der Waals surface area contributed by atoms with Crippen LogP contribution < -0.4 is 9.47 Å². The number of hydrogen-bond donors (Lipinski definition) is 0. The quantitative estimate of drug-likeness (QED) is 0.608. The second-order valence-electron chi connectivity index (χ2n) is 5.69. The highest BCUT2D eigenvalue weighted by atomic mass is 79.9.